The van der Waals surface area contributed by atoms with Crippen LogP contribution in [0.1, 0.15) is 29.2 Å². The third-order valence-corrected chi connectivity index (χ3v) is 6.18. The summed E-state index contributed by atoms with van der Waals surface area (Å²) in [6.07, 6.45) is 1.34. The van der Waals surface area contributed by atoms with E-state index in [1.807, 2.05) is 6.07 Å². The minimum atomic E-state index is -0.510. The summed E-state index contributed by atoms with van der Waals surface area (Å²) in [5.74, 6) is -1.19. The summed E-state index contributed by atoms with van der Waals surface area (Å²) < 4.78 is 14.0. The molecule has 30 heavy (non-hydrogen) atoms. The number of nitrogens with zero attached hydrogens (tertiary/aromatic N) is 1. The van der Waals surface area contributed by atoms with E-state index < -0.39 is 23.9 Å². The predicted molar refractivity (Wildman–Crippen MR) is 108 cm³/mol. The van der Waals surface area contributed by atoms with Gasteiger partial charge in [-0.05, 0) is 30.0 Å². The number of urea groups is 1. The normalized spacial score (nSPS) is 28.1. The van der Waals surface area contributed by atoms with E-state index >= 15 is 0 Å². The van der Waals surface area contributed by atoms with Gasteiger partial charge in [0.15, 0.2) is 0 Å². The zero-order chi connectivity index (χ0) is 20.7. The molecule has 4 N–H and O–H groups in total. The van der Waals surface area contributed by atoms with Crippen LogP contribution in [0.5, 0.6) is 0 Å². The highest BCUT2D eigenvalue weighted by Gasteiger charge is 2.44. The Labute approximate surface area is 174 Å². The lowest BCUT2D eigenvalue weighted by Gasteiger charge is -2.44. The molecule has 1 aliphatic carbocycles. The molecule has 2 aliphatic heterocycles. The molecule has 2 aromatic rings. The lowest BCUT2D eigenvalue weighted by molar-refractivity contribution is -0.137. The van der Waals surface area contributed by atoms with Gasteiger partial charge >= 0.3 is 6.03 Å². The molecule has 5 rings (SSSR count). The minimum Gasteiger partial charge on any atom is -0.321 e. The zero-order valence-electron chi connectivity index (χ0n) is 16.4. The van der Waals surface area contributed by atoms with Gasteiger partial charge < -0.3 is 5.32 Å². The molecule has 0 bridgehead atoms. The Bertz CT molecular complexity index is 984. The lowest BCUT2D eigenvalue weighted by Crippen LogP contribution is -2.74. The summed E-state index contributed by atoms with van der Waals surface area (Å²) in [4.78, 5) is 26.6. The molecule has 3 aliphatic rings. The van der Waals surface area contributed by atoms with E-state index in [-0.39, 0.29) is 24.8 Å². The van der Waals surface area contributed by atoms with Gasteiger partial charge in [-0.15, -0.1) is 0 Å². The molecule has 4 unspecified atom stereocenters. The number of hydrogen-bond donors (Lipinski definition) is 4. The van der Waals surface area contributed by atoms with Crippen LogP contribution in [0.15, 0.2) is 48.5 Å². The summed E-state index contributed by atoms with van der Waals surface area (Å²) >= 11 is 0. The number of aryl methyl sites for hydroxylation is 1. The van der Waals surface area contributed by atoms with E-state index in [1.165, 1.54) is 17.2 Å². The van der Waals surface area contributed by atoms with Gasteiger partial charge in [0, 0.05) is 18.2 Å². The second kappa shape index (κ2) is 7.79. The number of carbonyl (C=O) groups is 2. The molecule has 0 spiro atoms. The average molecular weight is 409 g/mol. The fraction of sp³-hybridized carbons (Fsp3) is 0.364. The minimum absolute atomic E-state index is 0.0822. The Kier molecular flexibility index (Phi) is 4.98. The van der Waals surface area contributed by atoms with Crippen LogP contribution in [-0.2, 0) is 17.8 Å². The van der Waals surface area contributed by atoms with Crippen molar-refractivity contribution in [3.05, 3.63) is 71.0 Å². The van der Waals surface area contributed by atoms with Crippen LogP contribution in [0.4, 0.5) is 9.18 Å². The molecule has 7 nitrogen and oxygen atoms in total. The highest BCUT2D eigenvalue weighted by atomic mass is 19.1. The third kappa shape index (κ3) is 3.47. The molecule has 2 aromatic carbocycles. The Morgan fingerprint density at radius 3 is 2.77 bits per heavy atom. The molecule has 8 heteroatoms. The third-order valence-electron chi connectivity index (χ3n) is 6.18. The highest BCUT2D eigenvalue weighted by Crippen LogP contribution is 2.31. The smallest absolute Gasteiger partial charge is 0.321 e. The molecule has 2 heterocycles. The van der Waals surface area contributed by atoms with Gasteiger partial charge in [0.25, 0.3) is 0 Å². The van der Waals surface area contributed by atoms with Gasteiger partial charge in [-0.2, -0.15) is 0 Å². The fourth-order valence-corrected chi connectivity index (χ4v) is 4.59. The molecule has 0 saturated carbocycles. The number of amides is 3. The molecule has 156 valence electrons. The average Bonchev–Trinajstić information content (AvgIpc) is 3.15. The Hall–Kier alpha value is -2.81. The SMILES string of the molecule is O=C1NC2NC(NC3CCc4ccccc43)NCC2C(=O)N1Cc1ccccc1F. The van der Waals surface area contributed by atoms with E-state index in [9.17, 15) is 14.0 Å². The maximum Gasteiger partial charge on any atom is 0.325 e. The molecule has 2 saturated heterocycles. The standard InChI is InChI=1S/C22H24FN5O2/c23-17-8-4-2-6-14(17)12-28-20(29)16-11-24-21(26-19(16)27-22(28)30)25-18-10-9-13-5-1-3-7-15(13)18/h1-8,16,18-19,21,24-26H,9-12H2,(H,27,30). The van der Waals surface area contributed by atoms with E-state index in [2.05, 4.69) is 39.5 Å². The molecule has 2 fully saturated rings. The summed E-state index contributed by atoms with van der Waals surface area (Å²) in [7, 11) is 0. The van der Waals surface area contributed by atoms with Crippen molar-refractivity contribution in [1.82, 2.24) is 26.2 Å². The van der Waals surface area contributed by atoms with Crippen molar-refractivity contribution in [2.75, 3.05) is 6.54 Å². The van der Waals surface area contributed by atoms with Crippen LogP contribution in [-0.4, -0.2) is 35.8 Å². The van der Waals surface area contributed by atoms with Gasteiger partial charge in [-0.25, -0.2) is 9.18 Å². The van der Waals surface area contributed by atoms with Crippen LogP contribution < -0.4 is 21.3 Å². The molecule has 0 aromatic heterocycles. The van der Waals surface area contributed by atoms with Crippen molar-refractivity contribution in [2.24, 2.45) is 5.92 Å². The number of nitrogens with one attached hydrogen (secondary N) is 4. The maximum atomic E-state index is 14.0. The van der Waals surface area contributed by atoms with Gasteiger partial charge in [-0.3, -0.25) is 25.6 Å². The second-order valence-electron chi connectivity index (χ2n) is 8.01. The van der Waals surface area contributed by atoms with Crippen molar-refractivity contribution < 1.29 is 14.0 Å². The summed E-state index contributed by atoms with van der Waals surface area (Å²) in [5, 5.41) is 13.0. The monoisotopic (exact) mass is 409 g/mol. The topological polar surface area (TPSA) is 85.5 Å². The van der Waals surface area contributed by atoms with E-state index in [0.29, 0.717) is 12.1 Å². The van der Waals surface area contributed by atoms with Gasteiger partial charge in [0.05, 0.1) is 18.6 Å². The molecule has 4 atom stereocenters. The number of imide groups is 1. The van der Waals surface area contributed by atoms with Crippen molar-refractivity contribution in [1.29, 1.82) is 0 Å². The summed E-state index contributed by atoms with van der Waals surface area (Å²) in [6, 6.07) is 14.3. The van der Waals surface area contributed by atoms with Crippen molar-refractivity contribution >= 4 is 11.9 Å². The van der Waals surface area contributed by atoms with E-state index in [0.717, 1.165) is 17.7 Å². The van der Waals surface area contributed by atoms with Crippen molar-refractivity contribution in [3.63, 3.8) is 0 Å². The predicted octanol–water partition coefficient (Wildman–Crippen LogP) is 1.57. The van der Waals surface area contributed by atoms with E-state index in [1.54, 1.807) is 18.2 Å². The van der Waals surface area contributed by atoms with Crippen LogP contribution in [0.3, 0.4) is 0 Å². The van der Waals surface area contributed by atoms with E-state index in [4.69, 9.17) is 0 Å². The fourth-order valence-electron chi connectivity index (χ4n) is 4.59. The first-order valence-electron chi connectivity index (χ1n) is 10.3. The first-order chi connectivity index (χ1) is 14.6. The number of benzene rings is 2. The number of hydrogen-bond acceptors (Lipinski definition) is 5. The van der Waals surface area contributed by atoms with Crippen LogP contribution >= 0.6 is 0 Å². The summed E-state index contributed by atoms with van der Waals surface area (Å²) in [6.45, 7) is 0.331. The molecular weight excluding hydrogens is 385 g/mol. The maximum absolute atomic E-state index is 14.0. The first kappa shape index (κ1) is 19.2. The number of halogens is 1. The van der Waals surface area contributed by atoms with Crippen LogP contribution in [0.2, 0.25) is 0 Å². The first-order valence-corrected chi connectivity index (χ1v) is 10.3. The van der Waals surface area contributed by atoms with Gasteiger partial charge in [0.2, 0.25) is 5.91 Å². The zero-order valence-corrected chi connectivity index (χ0v) is 16.4. The second-order valence-corrected chi connectivity index (χ2v) is 8.01. The number of rotatable bonds is 4. The summed E-state index contributed by atoms with van der Waals surface area (Å²) in [5.41, 5.74) is 2.97. The van der Waals surface area contributed by atoms with Crippen molar-refractivity contribution in [3.8, 4) is 0 Å². The highest BCUT2D eigenvalue weighted by molar-refractivity contribution is 5.98. The Morgan fingerprint density at radius 2 is 1.90 bits per heavy atom. The number of fused-ring (bicyclic) bond motifs is 2. The van der Waals surface area contributed by atoms with Gasteiger partial charge in [-0.1, -0.05) is 42.5 Å². The van der Waals surface area contributed by atoms with Crippen LogP contribution in [0, 0.1) is 11.7 Å². The molecular formula is C22H24FN5O2. The molecule has 3 amide bonds. The van der Waals surface area contributed by atoms with Crippen molar-refractivity contribution in [2.45, 2.75) is 37.9 Å². The molecule has 0 radical (unpaired) electrons. The van der Waals surface area contributed by atoms with Crippen LogP contribution in [0.25, 0.3) is 0 Å². The Morgan fingerprint density at radius 1 is 1.10 bits per heavy atom. The largest absolute Gasteiger partial charge is 0.325 e. The Balaban J connectivity index is 1.24. The number of carbonyl (C=O) groups excluding carboxylic acids is 2. The quantitative estimate of drug-likeness (QED) is 0.616. The lowest BCUT2D eigenvalue weighted by atomic mass is 9.99. The van der Waals surface area contributed by atoms with Gasteiger partial charge in [0.1, 0.15) is 12.1 Å².